The summed E-state index contributed by atoms with van der Waals surface area (Å²) in [5.41, 5.74) is 3.05. The van der Waals surface area contributed by atoms with Crippen LogP contribution in [0.2, 0.25) is 0 Å². The zero-order valence-electron chi connectivity index (χ0n) is 10.7. The van der Waals surface area contributed by atoms with Gasteiger partial charge in [-0.2, -0.15) is 5.26 Å². The largest absolute Gasteiger partial charge is 0.365 e. The summed E-state index contributed by atoms with van der Waals surface area (Å²) in [6, 6.07) is 10.5. The number of anilines is 1. The van der Waals surface area contributed by atoms with Crippen LogP contribution in [-0.2, 0) is 0 Å². The summed E-state index contributed by atoms with van der Waals surface area (Å²) in [7, 11) is 1.81. The van der Waals surface area contributed by atoms with E-state index in [1.807, 2.05) is 19.2 Å². The SMILES string of the molecule is CNc1nc(-c2ccc(C(C)C)cc2)c(C#N)s1. The second-order valence-corrected chi connectivity index (χ2v) is 5.33. The van der Waals surface area contributed by atoms with Gasteiger partial charge in [-0.3, -0.25) is 0 Å². The minimum Gasteiger partial charge on any atom is -0.365 e. The molecule has 0 bridgehead atoms. The molecule has 1 aromatic heterocycles. The average Bonchev–Trinajstić information content (AvgIpc) is 2.82. The summed E-state index contributed by atoms with van der Waals surface area (Å²) in [5.74, 6) is 0.512. The molecule has 0 radical (unpaired) electrons. The van der Waals surface area contributed by atoms with Crippen molar-refractivity contribution in [2.24, 2.45) is 0 Å². The molecule has 0 aliphatic rings. The molecule has 4 heteroatoms. The number of hydrogen-bond donors (Lipinski definition) is 1. The lowest BCUT2D eigenvalue weighted by Gasteiger charge is -2.05. The first-order valence-electron chi connectivity index (χ1n) is 5.84. The van der Waals surface area contributed by atoms with Crippen molar-refractivity contribution >= 4 is 16.5 Å². The number of nitrogens with one attached hydrogen (secondary N) is 1. The Morgan fingerprint density at radius 3 is 2.44 bits per heavy atom. The number of rotatable bonds is 3. The van der Waals surface area contributed by atoms with E-state index in [1.54, 1.807) is 0 Å². The molecule has 0 unspecified atom stereocenters. The van der Waals surface area contributed by atoms with Crippen LogP contribution in [-0.4, -0.2) is 12.0 Å². The Kier molecular flexibility index (Phi) is 3.63. The molecule has 92 valence electrons. The van der Waals surface area contributed by atoms with Gasteiger partial charge in [0, 0.05) is 12.6 Å². The molecule has 0 atom stereocenters. The van der Waals surface area contributed by atoms with E-state index in [2.05, 4.69) is 42.4 Å². The van der Waals surface area contributed by atoms with Gasteiger partial charge in [0.25, 0.3) is 0 Å². The first-order valence-corrected chi connectivity index (χ1v) is 6.66. The highest BCUT2D eigenvalue weighted by atomic mass is 32.1. The first kappa shape index (κ1) is 12.6. The molecule has 18 heavy (non-hydrogen) atoms. The maximum Gasteiger partial charge on any atom is 0.184 e. The van der Waals surface area contributed by atoms with E-state index in [-0.39, 0.29) is 0 Å². The summed E-state index contributed by atoms with van der Waals surface area (Å²) in [5, 5.41) is 12.9. The summed E-state index contributed by atoms with van der Waals surface area (Å²) >= 11 is 1.38. The zero-order valence-corrected chi connectivity index (χ0v) is 11.5. The van der Waals surface area contributed by atoms with E-state index in [0.29, 0.717) is 10.8 Å². The van der Waals surface area contributed by atoms with Crippen LogP contribution in [0, 0.1) is 11.3 Å². The molecule has 1 N–H and O–H groups in total. The van der Waals surface area contributed by atoms with Crippen LogP contribution >= 0.6 is 11.3 Å². The lowest BCUT2D eigenvalue weighted by molar-refractivity contribution is 0.867. The second-order valence-electron chi connectivity index (χ2n) is 4.34. The third kappa shape index (κ3) is 2.36. The Labute approximate surface area is 111 Å². The van der Waals surface area contributed by atoms with Crippen molar-refractivity contribution < 1.29 is 0 Å². The van der Waals surface area contributed by atoms with Crippen LogP contribution < -0.4 is 5.32 Å². The summed E-state index contributed by atoms with van der Waals surface area (Å²) in [6.07, 6.45) is 0. The van der Waals surface area contributed by atoms with Gasteiger partial charge in [-0.1, -0.05) is 49.4 Å². The summed E-state index contributed by atoms with van der Waals surface area (Å²) < 4.78 is 0. The van der Waals surface area contributed by atoms with E-state index in [1.165, 1.54) is 16.9 Å². The molecular formula is C14H15N3S. The van der Waals surface area contributed by atoms with Crippen molar-refractivity contribution in [3.63, 3.8) is 0 Å². The molecule has 0 aliphatic heterocycles. The van der Waals surface area contributed by atoms with Crippen LogP contribution in [0.1, 0.15) is 30.2 Å². The van der Waals surface area contributed by atoms with Crippen molar-refractivity contribution in [2.75, 3.05) is 12.4 Å². The lowest BCUT2D eigenvalue weighted by atomic mass is 10.0. The fraction of sp³-hybridized carbons (Fsp3) is 0.286. The summed E-state index contributed by atoms with van der Waals surface area (Å²) in [6.45, 7) is 4.33. The average molecular weight is 257 g/mol. The van der Waals surface area contributed by atoms with E-state index < -0.39 is 0 Å². The molecule has 3 nitrogen and oxygen atoms in total. The van der Waals surface area contributed by atoms with Crippen molar-refractivity contribution in [3.8, 4) is 17.3 Å². The fourth-order valence-corrected chi connectivity index (χ4v) is 2.46. The molecule has 0 spiro atoms. The quantitative estimate of drug-likeness (QED) is 0.908. The first-order chi connectivity index (χ1) is 8.65. The highest BCUT2D eigenvalue weighted by Gasteiger charge is 2.12. The molecule has 2 aromatic rings. The normalized spacial score (nSPS) is 10.4. The number of aromatic nitrogens is 1. The minimum absolute atomic E-state index is 0.512. The van der Waals surface area contributed by atoms with Crippen molar-refractivity contribution in [1.29, 1.82) is 5.26 Å². The van der Waals surface area contributed by atoms with E-state index in [4.69, 9.17) is 5.26 Å². The number of benzene rings is 1. The zero-order chi connectivity index (χ0) is 13.1. The molecule has 0 aliphatic carbocycles. The van der Waals surface area contributed by atoms with E-state index in [0.717, 1.165) is 16.4 Å². The Hall–Kier alpha value is -1.86. The van der Waals surface area contributed by atoms with Gasteiger partial charge in [0.1, 0.15) is 16.6 Å². The Morgan fingerprint density at radius 2 is 1.94 bits per heavy atom. The van der Waals surface area contributed by atoms with Gasteiger partial charge in [-0.05, 0) is 11.5 Å². The molecule has 1 heterocycles. The van der Waals surface area contributed by atoms with Crippen LogP contribution in [0.25, 0.3) is 11.3 Å². The van der Waals surface area contributed by atoms with Crippen molar-refractivity contribution in [2.45, 2.75) is 19.8 Å². The molecule has 2 rings (SSSR count). The smallest absolute Gasteiger partial charge is 0.184 e. The highest BCUT2D eigenvalue weighted by molar-refractivity contribution is 7.16. The van der Waals surface area contributed by atoms with E-state index >= 15 is 0 Å². The molecule has 0 fully saturated rings. The predicted molar refractivity (Wildman–Crippen MR) is 75.9 cm³/mol. The lowest BCUT2D eigenvalue weighted by Crippen LogP contribution is -1.89. The van der Waals surface area contributed by atoms with Gasteiger partial charge in [-0.25, -0.2) is 4.98 Å². The number of nitrogens with zero attached hydrogens (tertiary/aromatic N) is 2. The monoisotopic (exact) mass is 257 g/mol. The Bertz CT molecular complexity index is 576. The minimum atomic E-state index is 0.512. The third-order valence-corrected chi connectivity index (χ3v) is 3.77. The van der Waals surface area contributed by atoms with Gasteiger partial charge in [0.15, 0.2) is 5.13 Å². The Morgan fingerprint density at radius 1 is 1.28 bits per heavy atom. The highest BCUT2D eigenvalue weighted by Crippen LogP contribution is 2.31. The van der Waals surface area contributed by atoms with Crippen LogP contribution in [0.3, 0.4) is 0 Å². The van der Waals surface area contributed by atoms with Gasteiger partial charge in [-0.15, -0.1) is 0 Å². The van der Waals surface area contributed by atoms with E-state index in [9.17, 15) is 0 Å². The van der Waals surface area contributed by atoms with Crippen LogP contribution in [0.4, 0.5) is 5.13 Å². The van der Waals surface area contributed by atoms with Gasteiger partial charge < -0.3 is 5.32 Å². The van der Waals surface area contributed by atoms with Crippen LogP contribution in [0.5, 0.6) is 0 Å². The Balaban J connectivity index is 2.42. The summed E-state index contributed by atoms with van der Waals surface area (Å²) in [4.78, 5) is 5.08. The van der Waals surface area contributed by atoms with Crippen LogP contribution in [0.15, 0.2) is 24.3 Å². The van der Waals surface area contributed by atoms with Crippen molar-refractivity contribution in [1.82, 2.24) is 4.98 Å². The molecule has 1 aromatic carbocycles. The molecule has 0 amide bonds. The van der Waals surface area contributed by atoms with Gasteiger partial charge >= 0.3 is 0 Å². The molecule has 0 saturated carbocycles. The maximum atomic E-state index is 9.12. The third-order valence-electron chi connectivity index (χ3n) is 2.79. The predicted octanol–water partition coefficient (Wildman–Crippen LogP) is 3.85. The van der Waals surface area contributed by atoms with Crippen molar-refractivity contribution in [3.05, 3.63) is 34.7 Å². The second kappa shape index (κ2) is 5.19. The fourth-order valence-electron chi connectivity index (χ4n) is 1.72. The standard InChI is InChI=1S/C14H15N3S/c1-9(2)10-4-6-11(7-5-10)13-12(8-15)18-14(16-3)17-13/h4-7,9H,1-3H3,(H,16,17). The number of hydrogen-bond acceptors (Lipinski definition) is 4. The van der Waals surface area contributed by atoms with Gasteiger partial charge in [0.05, 0.1) is 0 Å². The topological polar surface area (TPSA) is 48.7 Å². The number of thiazole rings is 1. The number of nitriles is 1. The maximum absolute atomic E-state index is 9.12. The molecular weight excluding hydrogens is 242 g/mol. The van der Waals surface area contributed by atoms with Gasteiger partial charge in [0.2, 0.25) is 0 Å². The molecule has 0 saturated heterocycles.